The van der Waals surface area contributed by atoms with E-state index in [9.17, 15) is 15.3 Å². The number of aliphatic hydroxyl groups is 1. The van der Waals surface area contributed by atoms with E-state index < -0.39 is 5.97 Å². The molecule has 104 valence electrons. The first kappa shape index (κ1) is 14.3. The predicted molar refractivity (Wildman–Crippen MR) is 78.8 cm³/mol. The molecule has 0 heterocycles. The fourth-order valence-corrected chi connectivity index (χ4v) is 1.94. The Labute approximate surface area is 121 Å². The fraction of sp³-hybridized carbons (Fsp3) is 0.0625. The van der Waals surface area contributed by atoms with E-state index >= 15 is 0 Å². The van der Waals surface area contributed by atoms with Crippen LogP contribution in [0.5, 0.6) is 0 Å². The molecule has 0 bridgehead atoms. The second-order valence-corrected chi connectivity index (χ2v) is 4.20. The highest BCUT2D eigenvalue weighted by atomic mass is 16.5. The van der Waals surface area contributed by atoms with Gasteiger partial charge in [-0.25, -0.2) is 4.79 Å². The Morgan fingerprint density at radius 3 is 2.19 bits per heavy atom. The van der Waals surface area contributed by atoms with Crippen LogP contribution in [0.3, 0.4) is 0 Å². The summed E-state index contributed by atoms with van der Waals surface area (Å²) >= 11 is 0. The van der Waals surface area contributed by atoms with Crippen LogP contribution >= 0.6 is 0 Å². The van der Waals surface area contributed by atoms with Gasteiger partial charge in [0.2, 0.25) is 11.2 Å². The molecule has 0 aliphatic rings. The van der Waals surface area contributed by atoms with Gasteiger partial charge in [-0.2, -0.15) is 0 Å². The van der Waals surface area contributed by atoms with Crippen LogP contribution in [-0.4, -0.2) is 18.2 Å². The lowest BCUT2D eigenvalue weighted by molar-refractivity contribution is 0.0600. The number of hydrogen-bond acceptors (Lipinski definition) is 4. The standard InChI is InChI=1S/C16H12N2O3/c1-21-16(20)13-10-6-5-9-12(13)14(18-17)15(19)11-7-3-2-4-8-11/h2-10H,1H3/p+1. The average molecular weight is 281 g/mol. The van der Waals surface area contributed by atoms with E-state index in [0.717, 1.165) is 0 Å². The highest BCUT2D eigenvalue weighted by Crippen LogP contribution is 2.28. The predicted octanol–water partition coefficient (Wildman–Crippen LogP) is 3.71. The Kier molecular flexibility index (Phi) is 4.32. The molecule has 0 amide bonds. The molecular weight excluding hydrogens is 268 g/mol. The zero-order valence-electron chi connectivity index (χ0n) is 11.4. The van der Waals surface area contributed by atoms with E-state index in [4.69, 9.17) is 4.74 Å². The topological polar surface area (TPSA) is 74.7 Å². The Balaban J connectivity index is 2.64. The molecule has 2 rings (SSSR count). The molecule has 0 atom stereocenters. The van der Waals surface area contributed by atoms with Gasteiger partial charge in [0.15, 0.2) is 4.98 Å². The van der Waals surface area contributed by atoms with Crippen LogP contribution in [0.2, 0.25) is 0 Å². The molecule has 5 heteroatoms. The summed E-state index contributed by atoms with van der Waals surface area (Å²) in [4.78, 5) is 14.9. The summed E-state index contributed by atoms with van der Waals surface area (Å²) in [7, 11) is 1.26. The Bertz CT molecular complexity index is 731. The molecule has 0 fully saturated rings. The monoisotopic (exact) mass is 281 g/mol. The molecule has 0 unspecified atom stereocenters. The maximum atomic E-state index is 11.8. The molecule has 2 aromatic carbocycles. The second-order valence-electron chi connectivity index (χ2n) is 4.20. The van der Waals surface area contributed by atoms with Gasteiger partial charge in [0.25, 0.3) is 0 Å². The van der Waals surface area contributed by atoms with Crippen LogP contribution in [-0.2, 0) is 4.74 Å². The maximum absolute atomic E-state index is 11.8. The molecule has 0 aliphatic carbocycles. The van der Waals surface area contributed by atoms with Crippen LogP contribution in [0.25, 0.3) is 16.4 Å². The number of carbonyl (C=O) groups excluding carboxylic acids is 1. The average Bonchev–Trinajstić information content (AvgIpc) is 2.56. The molecule has 2 aromatic rings. The van der Waals surface area contributed by atoms with E-state index in [1.807, 2.05) is 0 Å². The smallest absolute Gasteiger partial charge is 0.434 e. The van der Waals surface area contributed by atoms with Gasteiger partial charge < -0.3 is 9.84 Å². The van der Waals surface area contributed by atoms with E-state index in [-0.39, 0.29) is 22.6 Å². The Morgan fingerprint density at radius 2 is 1.62 bits per heavy atom. The van der Waals surface area contributed by atoms with Crippen LogP contribution in [0.4, 0.5) is 0 Å². The summed E-state index contributed by atoms with van der Waals surface area (Å²) < 4.78 is 4.69. The summed E-state index contributed by atoms with van der Waals surface area (Å²) in [5.74, 6) is -0.804. The SMILES string of the molecule is COC(=O)c1ccccc1/C([N+]#N)=C(\O)c1ccccc1. The minimum absolute atomic E-state index is 0.0952. The fourth-order valence-electron chi connectivity index (χ4n) is 1.94. The second kappa shape index (κ2) is 6.35. The lowest BCUT2D eigenvalue weighted by Crippen LogP contribution is -2.05. The molecular formula is C16H13N2O3+. The van der Waals surface area contributed by atoms with Gasteiger partial charge in [-0.15, -0.1) is 0 Å². The zero-order chi connectivity index (χ0) is 15.2. The zero-order valence-corrected chi connectivity index (χ0v) is 11.4. The lowest BCUT2D eigenvalue weighted by atomic mass is 10.0. The van der Waals surface area contributed by atoms with Gasteiger partial charge in [0.1, 0.15) is 0 Å². The van der Waals surface area contributed by atoms with Crippen molar-refractivity contribution in [1.82, 2.24) is 0 Å². The van der Waals surface area contributed by atoms with E-state index in [1.54, 1.807) is 48.5 Å². The number of methoxy groups -OCH3 is 1. The quantitative estimate of drug-likeness (QED) is 0.403. The van der Waals surface area contributed by atoms with Crippen molar-refractivity contribution in [3.63, 3.8) is 0 Å². The number of aliphatic hydroxyl groups excluding tert-OH is 1. The molecule has 0 radical (unpaired) electrons. The minimum atomic E-state index is -0.576. The number of nitrogens with zero attached hydrogens (tertiary/aromatic N) is 2. The molecule has 0 aliphatic heterocycles. The summed E-state index contributed by atoms with van der Waals surface area (Å²) in [5.41, 5.74) is 0.871. The first-order chi connectivity index (χ1) is 10.2. The molecule has 0 spiro atoms. The normalized spacial score (nSPS) is 11.2. The number of carbonyl (C=O) groups is 1. The Morgan fingerprint density at radius 1 is 1.05 bits per heavy atom. The van der Waals surface area contributed by atoms with Crippen molar-refractivity contribution in [2.45, 2.75) is 0 Å². The van der Waals surface area contributed by atoms with Crippen molar-refractivity contribution in [2.24, 2.45) is 0 Å². The summed E-state index contributed by atoms with van der Waals surface area (Å²) in [6.45, 7) is 0. The molecule has 0 aromatic heterocycles. The van der Waals surface area contributed by atoms with E-state index in [2.05, 4.69) is 4.98 Å². The third-order valence-corrected chi connectivity index (χ3v) is 2.96. The first-order valence-corrected chi connectivity index (χ1v) is 6.20. The van der Waals surface area contributed by atoms with Crippen molar-refractivity contribution in [3.05, 3.63) is 76.3 Å². The number of ether oxygens (including phenoxy) is 1. The van der Waals surface area contributed by atoms with Crippen LogP contribution in [0.15, 0.2) is 54.6 Å². The third kappa shape index (κ3) is 2.90. The van der Waals surface area contributed by atoms with Crippen LogP contribution < -0.4 is 0 Å². The molecule has 0 saturated carbocycles. The van der Waals surface area contributed by atoms with Gasteiger partial charge in [-0.1, -0.05) is 42.5 Å². The molecule has 5 nitrogen and oxygen atoms in total. The number of diazo groups is 1. The maximum Gasteiger partial charge on any atom is 0.434 e. The number of hydrogen-bond donors (Lipinski definition) is 1. The van der Waals surface area contributed by atoms with Gasteiger partial charge in [0.05, 0.1) is 18.2 Å². The Hall–Kier alpha value is -3.13. The molecule has 1 N–H and O–H groups in total. The number of benzene rings is 2. The molecule has 21 heavy (non-hydrogen) atoms. The summed E-state index contributed by atoms with van der Waals surface area (Å²) in [6, 6.07) is 15.1. The van der Waals surface area contributed by atoms with Crippen molar-refractivity contribution in [1.29, 1.82) is 5.39 Å². The van der Waals surface area contributed by atoms with Gasteiger partial charge in [0, 0.05) is 5.56 Å². The van der Waals surface area contributed by atoms with E-state index in [0.29, 0.717) is 5.56 Å². The highest BCUT2D eigenvalue weighted by molar-refractivity contribution is 6.00. The van der Waals surface area contributed by atoms with Crippen molar-refractivity contribution < 1.29 is 14.6 Å². The minimum Gasteiger partial charge on any atom is -0.501 e. The molecule has 0 saturated heterocycles. The number of esters is 1. The lowest BCUT2D eigenvalue weighted by Gasteiger charge is -2.03. The van der Waals surface area contributed by atoms with Gasteiger partial charge in [-0.3, -0.25) is 0 Å². The summed E-state index contributed by atoms with van der Waals surface area (Å²) in [6.07, 6.45) is 0. The largest absolute Gasteiger partial charge is 0.501 e. The van der Waals surface area contributed by atoms with Gasteiger partial charge in [-0.05, 0) is 12.1 Å². The van der Waals surface area contributed by atoms with Crippen molar-refractivity contribution in [3.8, 4) is 0 Å². The third-order valence-electron chi connectivity index (χ3n) is 2.96. The van der Waals surface area contributed by atoms with Gasteiger partial charge >= 0.3 is 11.7 Å². The first-order valence-electron chi connectivity index (χ1n) is 6.20. The summed E-state index contributed by atoms with van der Waals surface area (Å²) in [5, 5.41) is 19.5. The van der Waals surface area contributed by atoms with Crippen LogP contribution in [0, 0.1) is 5.39 Å². The van der Waals surface area contributed by atoms with E-state index in [1.165, 1.54) is 13.2 Å². The van der Waals surface area contributed by atoms with Crippen molar-refractivity contribution in [2.75, 3.05) is 7.11 Å². The van der Waals surface area contributed by atoms with Crippen molar-refractivity contribution >= 4 is 17.4 Å². The highest BCUT2D eigenvalue weighted by Gasteiger charge is 2.28. The van der Waals surface area contributed by atoms with Crippen LogP contribution in [0.1, 0.15) is 21.5 Å². The number of rotatable bonds is 3.